The summed E-state index contributed by atoms with van der Waals surface area (Å²) in [6, 6.07) is 19.6. The Morgan fingerprint density at radius 2 is 1.42 bits per heavy atom. The molecule has 0 saturated carbocycles. The number of hydrogen-bond acceptors (Lipinski definition) is 0. The van der Waals surface area contributed by atoms with E-state index in [1.165, 1.54) is 27.8 Å². The number of fused-ring (bicyclic) bond motifs is 1. The molecule has 1 aliphatic rings. The summed E-state index contributed by atoms with van der Waals surface area (Å²) < 4.78 is 0. The normalized spacial score (nSPS) is 14.7. The van der Waals surface area contributed by atoms with Crippen LogP contribution in [-0.2, 0) is 6.42 Å². The van der Waals surface area contributed by atoms with E-state index in [0.717, 1.165) is 6.42 Å². The monoisotopic (exact) mass is 248 g/mol. The lowest BCUT2D eigenvalue weighted by molar-refractivity contribution is 0.569. The van der Waals surface area contributed by atoms with Gasteiger partial charge in [-0.15, -0.1) is 0 Å². The topological polar surface area (TPSA) is 0 Å². The summed E-state index contributed by atoms with van der Waals surface area (Å²) >= 11 is 0. The summed E-state index contributed by atoms with van der Waals surface area (Å²) in [5.74, 6) is 0. The molecule has 0 fully saturated rings. The van der Waals surface area contributed by atoms with Crippen molar-refractivity contribution in [2.24, 2.45) is 5.41 Å². The van der Waals surface area contributed by atoms with E-state index in [-0.39, 0.29) is 5.41 Å². The molecule has 0 radical (unpaired) electrons. The third-order valence-electron chi connectivity index (χ3n) is 3.83. The fourth-order valence-electron chi connectivity index (χ4n) is 3.10. The second kappa shape index (κ2) is 4.38. The van der Waals surface area contributed by atoms with Gasteiger partial charge < -0.3 is 0 Å². The van der Waals surface area contributed by atoms with Gasteiger partial charge in [0.15, 0.2) is 0 Å². The van der Waals surface area contributed by atoms with E-state index >= 15 is 0 Å². The molecule has 0 heterocycles. The van der Waals surface area contributed by atoms with E-state index in [1.807, 2.05) is 0 Å². The van der Waals surface area contributed by atoms with E-state index in [0.29, 0.717) is 0 Å². The van der Waals surface area contributed by atoms with Crippen molar-refractivity contribution in [1.29, 1.82) is 0 Å². The van der Waals surface area contributed by atoms with Crippen LogP contribution in [0.25, 0.3) is 11.1 Å². The van der Waals surface area contributed by atoms with Gasteiger partial charge in [-0.1, -0.05) is 75.4 Å². The number of hydrogen-bond donors (Lipinski definition) is 0. The molecule has 3 rings (SSSR count). The molecule has 2 aromatic rings. The lowest BCUT2D eigenvalue weighted by Gasteiger charge is -2.24. The van der Waals surface area contributed by atoms with Crippen LogP contribution >= 0.6 is 0 Å². The fraction of sp³-hybridized carbons (Fsp3) is 0.263. The van der Waals surface area contributed by atoms with Gasteiger partial charge in [-0.2, -0.15) is 0 Å². The van der Waals surface area contributed by atoms with Crippen LogP contribution in [0.15, 0.2) is 54.6 Å². The van der Waals surface area contributed by atoms with Gasteiger partial charge in [-0.05, 0) is 39.7 Å². The van der Waals surface area contributed by atoms with Crippen LogP contribution in [0.4, 0.5) is 0 Å². The first-order chi connectivity index (χ1) is 9.07. The molecule has 0 nitrogen and oxygen atoms in total. The predicted octanol–water partition coefficient (Wildman–Crippen LogP) is 5.20. The molecule has 2 aromatic carbocycles. The zero-order chi connectivity index (χ0) is 13.5. The van der Waals surface area contributed by atoms with Crippen LogP contribution in [0, 0.1) is 5.41 Å². The minimum atomic E-state index is 0.178. The van der Waals surface area contributed by atoms with Crippen LogP contribution in [0.1, 0.15) is 37.5 Å². The number of benzene rings is 2. The van der Waals surface area contributed by atoms with Crippen molar-refractivity contribution in [1.82, 2.24) is 0 Å². The van der Waals surface area contributed by atoms with E-state index in [4.69, 9.17) is 0 Å². The lowest BCUT2D eigenvalue weighted by atomic mass is 9.80. The lowest BCUT2D eigenvalue weighted by Crippen LogP contribution is -2.08. The van der Waals surface area contributed by atoms with Crippen LogP contribution in [0.3, 0.4) is 0 Å². The maximum Gasteiger partial charge on any atom is -0.00106 e. The SMILES string of the molecule is CC(C)(C)C1=C(c2ccccc2)Cc2ccccc21. The van der Waals surface area contributed by atoms with Crippen molar-refractivity contribution < 1.29 is 0 Å². The van der Waals surface area contributed by atoms with Crippen LogP contribution in [0.2, 0.25) is 0 Å². The molecule has 1 aliphatic carbocycles. The highest BCUT2D eigenvalue weighted by atomic mass is 14.3. The summed E-state index contributed by atoms with van der Waals surface area (Å²) in [7, 11) is 0. The molecule has 0 aliphatic heterocycles. The summed E-state index contributed by atoms with van der Waals surface area (Å²) in [4.78, 5) is 0. The third kappa shape index (κ3) is 2.12. The highest BCUT2D eigenvalue weighted by Gasteiger charge is 2.29. The van der Waals surface area contributed by atoms with Crippen molar-refractivity contribution in [3.8, 4) is 0 Å². The molecule has 0 N–H and O–H groups in total. The van der Waals surface area contributed by atoms with Gasteiger partial charge >= 0.3 is 0 Å². The van der Waals surface area contributed by atoms with E-state index in [9.17, 15) is 0 Å². The highest BCUT2D eigenvalue weighted by Crippen LogP contribution is 2.47. The molecule has 0 amide bonds. The summed E-state index contributed by atoms with van der Waals surface area (Å²) in [5.41, 5.74) is 7.45. The molecule has 0 heteroatoms. The molecular formula is C19H20. The van der Waals surface area contributed by atoms with Crippen LogP contribution in [0.5, 0.6) is 0 Å². The van der Waals surface area contributed by atoms with Crippen molar-refractivity contribution in [2.45, 2.75) is 27.2 Å². The largest absolute Gasteiger partial charge is 0.0622 e. The summed E-state index contributed by atoms with van der Waals surface area (Å²) in [5, 5.41) is 0. The smallest absolute Gasteiger partial charge is 0.00106 e. The molecule has 96 valence electrons. The zero-order valence-corrected chi connectivity index (χ0v) is 11.9. The molecular weight excluding hydrogens is 228 g/mol. The van der Waals surface area contributed by atoms with Crippen molar-refractivity contribution in [3.63, 3.8) is 0 Å². The highest BCUT2D eigenvalue weighted by molar-refractivity contribution is 5.98. The maximum absolute atomic E-state index is 2.31. The minimum Gasteiger partial charge on any atom is -0.0622 e. The molecule has 0 unspecified atom stereocenters. The van der Waals surface area contributed by atoms with Crippen molar-refractivity contribution >= 4 is 11.1 Å². The Balaban J connectivity index is 2.22. The Morgan fingerprint density at radius 1 is 0.789 bits per heavy atom. The van der Waals surface area contributed by atoms with E-state index < -0.39 is 0 Å². The molecule has 0 bridgehead atoms. The van der Waals surface area contributed by atoms with Crippen molar-refractivity contribution in [3.05, 3.63) is 71.3 Å². The second-order valence-electron chi connectivity index (χ2n) is 6.30. The van der Waals surface area contributed by atoms with Crippen LogP contribution < -0.4 is 0 Å². The van der Waals surface area contributed by atoms with Crippen LogP contribution in [-0.4, -0.2) is 0 Å². The Morgan fingerprint density at radius 3 is 2.11 bits per heavy atom. The van der Waals surface area contributed by atoms with Gasteiger partial charge in [-0.3, -0.25) is 0 Å². The fourth-order valence-corrected chi connectivity index (χ4v) is 3.10. The number of rotatable bonds is 1. The summed E-state index contributed by atoms with van der Waals surface area (Å²) in [6.45, 7) is 6.94. The maximum atomic E-state index is 2.31. The van der Waals surface area contributed by atoms with E-state index in [2.05, 4.69) is 75.4 Å². The number of allylic oxidation sites excluding steroid dienone is 2. The third-order valence-corrected chi connectivity index (χ3v) is 3.83. The Labute approximate surface area is 115 Å². The molecule has 0 spiro atoms. The molecule has 19 heavy (non-hydrogen) atoms. The average molecular weight is 248 g/mol. The average Bonchev–Trinajstić information content (AvgIpc) is 2.79. The summed E-state index contributed by atoms with van der Waals surface area (Å²) in [6.07, 6.45) is 1.06. The van der Waals surface area contributed by atoms with Gasteiger partial charge in [0.2, 0.25) is 0 Å². The van der Waals surface area contributed by atoms with Gasteiger partial charge in [0.05, 0.1) is 0 Å². The Kier molecular flexibility index (Phi) is 2.82. The second-order valence-corrected chi connectivity index (χ2v) is 6.30. The quantitative estimate of drug-likeness (QED) is 0.650. The molecule has 0 atom stereocenters. The standard InChI is InChI=1S/C19H20/c1-19(2,3)18-16-12-8-7-11-15(16)13-17(18)14-9-5-4-6-10-14/h4-12H,13H2,1-3H3. The van der Waals surface area contributed by atoms with Gasteiger partial charge in [0.25, 0.3) is 0 Å². The van der Waals surface area contributed by atoms with Gasteiger partial charge in [0.1, 0.15) is 0 Å². The first-order valence-electron chi connectivity index (χ1n) is 6.95. The van der Waals surface area contributed by atoms with Gasteiger partial charge in [0, 0.05) is 0 Å². The van der Waals surface area contributed by atoms with Gasteiger partial charge in [-0.25, -0.2) is 0 Å². The minimum absolute atomic E-state index is 0.178. The first kappa shape index (κ1) is 12.2. The zero-order valence-electron chi connectivity index (χ0n) is 11.9. The predicted molar refractivity (Wildman–Crippen MR) is 82.9 cm³/mol. The molecule has 0 saturated heterocycles. The van der Waals surface area contributed by atoms with Crippen molar-refractivity contribution in [2.75, 3.05) is 0 Å². The Hall–Kier alpha value is -1.82. The Bertz CT molecular complexity index is 625. The van der Waals surface area contributed by atoms with E-state index in [1.54, 1.807) is 0 Å². The first-order valence-corrected chi connectivity index (χ1v) is 6.95. The molecule has 0 aromatic heterocycles.